The zero-order valence-electron chi connectivity index (χ0n) is 19.0. The summed E-state index contributed by atoms with van der Waals surface area (Å²) in [4.78, 5) is 0.448. The number of aryl methyl sites for hydroxylation is 2. The third-order valence-corrected chi connectivity index (χ3v) is 7.42. The first-order valence-corrected chi connectivity index (χ1v) is 11.9. The van der Waals surface area contributed by atoms with E-state index >= 15 is 0 Å². The molecule has 0 saturated carbocycles. The van der Waals surface area contributed by atoms with Crippen LogP contribution in [0.15, 0.2) is 103 Å². The third-order valence-electron chi connectivity index (χ3n) is 5.95. The Morgan fingerprint density at radius 1 is 0.636 bits per heavy atom. The number of ether oxygens (including phenoxy) is 2. The predicted octanol–water partition coefficient (Wildman–Crippen LogP) is 7.80. The van der Waals surface area contributed by atoms with Crippen LogP contribution in [0.4, 0.5) is 0 Å². The second-order valence-corrected chi connectivity index (χ2v) is 9.49. The molecule has 0 amide bonds. The van der Waals surface area contributed by atoms with Crippen molar-refractivity contribution >= 4 is 22.4 Å². The molecule has 33 heavy (non-hydrogen) atoms. The zero-order chi connectivity index (χ0) is 22.8. The Bertz CT molecular complexity index is 1230. The topological polar surface area (TPSA) is 18.5 Å². The average molecular weight is 451 g/mol. The van der Waals surface area contributed by atoms with Crippen LogP contribution in [0.5, 0.6) is 5.75 Å². The molecular formula is C30H26O2S. The Morgan fingerprint density at radius 3 is 1.70 bits per heavy atom. The summed E-state index contributed by atoms with van der Waals surface area (Å²) in [6, 6.07) is 35.9. The van der Waals surface area contributed by atoms with Crippen molar-refractivity contribution < 1.29 is 9.47 Å². The monoisotopic (exact) mass is 450 g/mol. The normalized spacial score (nSPS) is 14.8. The van der Waals surface area contributed by atoms with Gasteiger partial charge in [-0.1, -0.05) is 102 Å². The molecule has 0 fully saturated rings. The van der Waals surface area contributed by atoms with E-state index in [-0.39, 0.29) is 0 Å². The van der Waals surface area contributed by atoms with Crippen molar-refractivity contribution in [2.45, 2.75) is 18.8 Å². The molecule has 0 atom stereocenters. The van der Waals surface area contributed by atoms with Crippen LogP contribution in [0.2, 0.25) is 0 Å². The van der Waals surface area contributed by atoms with E-state index < -0.39 is 4.93 Å². The van der Waals surface area contributed by atoms with Crippen molar-refractivity contribution in [2.24, 2.45) is 0 Å². The Labute approximate surface area is 199 Å². The number of hydrogen-bond acceptors (Lipinski definition) is 3. The van der Waals surface area contributed by atoms with Crippen molar-refractivity contribution in [1.29, 1.82) is 0 Å². The van der Waals surface area contributed by atoms with Gasteiger partial charge in [0.05, 0.1) is 12.0 Å². The fraction of sp³-hybridized carbons (Fsp3) is 0.133. The first-order chi connectivity index (χ1) is 16.1. The maximum atomic E-state index is 7.03. The Hall–Kier alpha value is -3.43. The molecule has 1 heterocycles. The van der Waals surface area contributed by atoms with Crippen LogP contribution in [0.3, 0.4) is 0 Å². The number of hydrogen-bond donors (Lipinski definition) is 0. The van der Waals surface area contributed by atoms with Gasteiger partial charge in [0.25, 0.3) is 0 Å². The molecule has 4 aromatic carbocycles. The first kappa shape index (κ1) is 21.4. The second kappa shape index (κ2) is 8.84. The van der Waals surface area contributed by atoms with Gasteiger partial charge in [0.2, 0.25) is 4.93 Å². The Kier molecular flexibility index (Phi) is 5.74. The molecular weight excluding hydrogens is 424 g/mol. The summed E-state index contributed by atoms with van der Waals surface area (Å²) in [5, 5.41) is 0. The number of thioether (sulfide) groups is 1. The van der Waals surface area contributed by atoms with E-state index in [2.05, 4.69) is 98.8 Å². The molecule has 0 radical (unpaired) electrons. The average Bonchev–Trinajstić information content (AvgIpc) is 3.27. The number of methoxy groups -OCH3 is 1. The van der Waals surface area contributed by atoms with Crippen LogP contribution in [0.25, 0.3) is 10.7 Å². The summed E-state index contributed by atoms with van der Waals surface area (Å²) in [5.74, 6) is 1.71. The quantitative estimate of drug-likeness (QED) is 0.309. The molecule has 0 saturated heterocycles. The molecule has 0 unspecified atom stereocenters. The van der Waals surface area contributed by atoms with Gasteiger partial charge in [-0.15, -0.1) is 0 Å². The lowest BCUT2D eigenvalue weighted by molar-refractivity contribution is 0.180. The van der Waals surface area contributed by atoms with Crippen molar-refractivity contribution in [3.8, 4) is 5.75 Å². The third kappa shape index (κ3) is 4.05. The van der Waals surface area contributed by atoms with Crippen LogP contribution in [-0.4, -0.2) is 7.11 Å². The largest absolute Gasteiger partial charge is 0.497 e. The summed E-state index contributed by atoms with van der Waals surface area (Å²) in [6.07, 6.45) is 0. The zero-order valence-corrected chi connectivity index (χ0v) is 19.9. The van der Waals surface area contributed by atoms with Crippen LogP contribution in [0.1, 0.15) is 33.4 Å². The molecule has 2 nitrogen and oxygen atoms in total. The Balaban J connectivity index is 1.70. The lowest BCUT2D eigenvalue weighted by Gasteiger charge is -2.30. The highest BCUT2D eigenvalue weighted by atomic mass is 32.2. The van der Waals surface area contributed by atoms with Crippen LogP contribution < -0.4 is 4.74 Å². The van der Waals surface area contributed by atoms with Crippen LogP contribution in [0, 0.1) is 13.8 Å². The van der Waals surface area contributed by atoms with Crippen LogP contribution >= 0.6 is 11.8 Å². The van der Waals surface area contributed by atoms with Gasteiger partial charge in [0.15, 0.2) is 0 Å². The predicted molar refractivity (Wildman–Crippen MR) is 138 cm³/mol. The minimum atomic E-state index is -0.679. The van der Waals surface area contributed by atoms with Gasteiger partial charge in [-0.2, -0.15) is 0 Å². The molecule has 0 spiro atoms. The van der Waals surface area contributed by atoms with E-state index in [9.17, 15) is 0 Å². The van der Waals surface area contributed by atoms with Gasteiger partial charge < -0.3 is 9.47 Å². The van der Waals surface area contributed by atoms with Gasteiger partial charge >= 0.3 is 0 Å². The summed E-state index contributed by atoms with van der Waals surface area (Å²) in [6.45, 7) is 4.23. The molecule has 164 valence electrons. The van der Waals surface area contributed by atoms with Crippen LogP contribution in [-0.2, 0) is 9.67 Å². The highest BCUT2D eigenvalue weighted by Gasteiger charge is 2.46. The smallest absolute Gasteiger partial charge is 0.210 e. The Morgan fingerprint density at radius 2 is 1.18 bits per heavy atom. The van der Waals surface area contributed by atoms with Gasteiger partial charge in [0, 0.05) is 16.7 Å². The minimum absolute atomic E-state index is 0.679. The molecule has 3 heteroatoms. The molecule has 4 aromatic rings. The van der Waals surface area contributed by atoms with E-state index in [1.165, 1.54) is 11.1 Å². The standard InChI is InChI=1S/C30H26O2S/c1-21-9-15-25(16-10-21)30(26-17-11-22(2)12-18-26)32-28(23-13-19-27(31-3)20-14-23)29(33-30)24-7-5-4-6-8-24/h4-20H,1-3H3. The molecule has 1 aliphatic rings. The fourth-order valence-electron chi connectivity index (χ4n) is 4.06. The molecule has 0 N–H and O–H groups in total. The maximum absolute atomic E-state index is 7.03. The molecule has 1 aliphatic heterocycles. The van der Waals surface area contributed by atoms with Crippen molar-refractivity contribution in [3.63, 3.8) is 0 Å². The van der Waals surface area contributed by atoms with Gasteiger partial charge in [0.1, 0.15) is 11.5 Å². The first-order valence-electron chi connectivity index (χ1n) is 11.1. The highest BCUT2D eigenvalue weighted by Crippen LogP contribution is 2.60. The maximum Gasteiger partial charge on any atom is 0.210 e. The summed E-state index contributed by atoms with van der Waals surface area (Å²) >= 11 is 1.77. The molecule has 5 rings (SSSR count). The van der Waals surface area contributed by atoms with E-state index in [1.54, 1.807) is 18.9 Å². The van der Waals surface area contributed by atoms with E-state index in [4.69, 9.17) is 9.47 Å². The van der Waals surface area contributed by atoms with Crippen molar-refractivity contribution in [2.75, 3.05) is 7.11 Å². The highest BCUT2D eigenvalue weighted by molar-refractivity contribution is 8.09. The molecule has 0 bridgehead atoms. The van der Waals surface area contributed by atoms with E-state index in [1.807, 2.05) is 18.2 Å². The minimum Gasteiger partial charge on any atom is -0.497 e. The van der Waals surface area contributed by atoms with E-state index in [0.29, 0.717) is 0 Å². The summed E-state index contributed by atoms with van der Waals surface area (Å²) in [7, 11) is 1.69. The van der Waals surface area contributed by atoms with Gasteiger partial charge in [-0.25, -0.2) is 0 Å². The fourth-order valence-corrected chi connectivity index (χ4v) is 5.49. The lowest BCUT2D eigenvalue weighted by atomic mass is 9.98. The SMILES string of the molecule is COc1ccc(C2=C(c3ccccc3)SC(c3ccc(C)cc3)(c3ccc(C)cc3)O2)cc1. The second-order valence-electron chi connectivity index (χ2n) is 8.31. The number of benzene rings is 4. The van der Waals surface area contributed by atoms with Gasteiger partial charge in [-0.05, 0) is 43.7 Å². The lowest BCUT2D eigenvalue weighted by Crippen LogP contribution is -2.23. The summed E-state index contributed by atoms with van der Waals surface area (Å²) in [5.41, 5.74) is 6.88. The van der Waals surface area contributed by atoms with Gasteiger partial charge in [-0.3, -0.25) is 0 Å². The van der Waals surface area contributed by atoms with Crippen molar-refractivity contribution in [3.05, 3.63) is 137 Å². The molecule has 0 aliphatic carbocycles. The molecule has 0 aromatic heterocycles. The summed E-state index contributed by atoms with van der Waals surface area (Å²) < 4.78 is 12.4. The number of rotatable bonds is 5. The van der Waals surface area contributed by atoms with Crippen molar-refractivity contribution in [1.82, 2.24) is 0 Å². The van der Waals surface area contributed by atoms with E-state index in [0.717, 1.165) is 38.7 Å².